The molecule has 23 heavy (non-hydrogen) atoms. The van der Waals surface area contributed by atoms with Gasteiger partial charge in [0.1, 0.15) is 5.76 Å². The van der Waals surface area contributed by atoms with Crippen molar-refractivity contribution >= 4 is 17.4 Å². The second-order valence-corrected chi connectivity index (χ2v) is 6.11. The highest BCUT2D eigenvalue weighted by Crippen LogP contribution is 2.21. The fraction of sp³-hybridized carbons (Fsp3) is 0.412. The van der Waals surface area contributed by atoms with Crippen molar-refractivity contribution < 1.29 is 9.32 Å². The molecule has 0 saturated carbocycles. The minimum absolute atomic E-state index is 0.0295. The van der Waals surface area contributed by atoms with Gasteiger partial charge in [0.25, 0.3) is 0 Å². The number of nitrogens with one attached hydrogen (secondary N) is 1. The van der Waals surface area contributed by atoms with Gasteiger partial charge in [-0.05, 0) is 50.6 Å². The molecule has 6 nitrogen and oxygen atoms in total. The van der Waals surface area contributed by atoms with Crippen LogP contribution in [0.3, 0.4) is 0 Å². The van der Waals surface area contributed by atoms with E-state index in [0.717, 1.165) is 38.2 Å². The Hall–Kier alpha value is -2.34. The van der Waals surface area contributed by atoms with Gasteiger partial charge in [-0.3, -0.25) is 9.69 Å². The van der Waals surface area contributed by atoms with Gasteiger partial charge in [0.05, 0.1) is 0 Å². The fourth-order valence-corrected chi connectivity index (χ4v) is 2.96. The maximum absolute atomic E-state index is 12.3. The largest absolute Gasteiger partial charge is 0.399 e. The summed E-state index contributed by atoms with van der Waals surface area (Å²) in [6.07, 6.45) is 1.70. The van der Waals surface area contributed by atoms with Crippen LogP contribution in [0.1, 0.15) is 24.2 Å². The lowest BCUT2D eigenvalue weighted by atomic mass is 9.95. The van der Waals surface area contributed by atoms with Gasteiger partial charge in [-0.2, -0.15) is 0 Å². The van der Waals surface area contributed by atoms with Crippen LogP contribution in [0.5, 0.6) is 0 Å². The molecule has 0 atom stereocenters. The number of hydrogen-bond acceptors (Lipinski definition) is 5. The number of carbonyl (C=O) groups is 1. The van der Waals surface area contributed by atoms with Crippen LogP contribution in [0.2, 0.25) is 0 Å². The van der Waals surface area contributed by atoms with Crippen molar-refractivity contribution in [3.8, 4) is 0 Å². The van der Waals surface area contributed by atoms with Gasteiger partial charge in [-0.25, -0.2) is 0 Å². The van der Waals surface area contributed by atoms with Crippen LogP contribution in [-0.2, 0) is 11.3 Å². The molecule has 3 N–H and O–H groups in total. The molecule has 1 aromatic heterocycles. The van der Waals surface area contributed by atoms with Crippen LogP contribution in [0.25, 0.3) is 0 Å². The molecule has 1 aliphatic rings. The van der Waals surface area contributed by atoms with Crippen molar-refractivity contribution in [2.24, 2.45) is 5.92 Å². The number of benzene rings is 1. The molecule has 2 aromatic rings. The minimum atomic E-state index is 0.0295. The Kier molecular flexibility index (Phi) is 4.62. The summed E-state index contributed by atoms with van der Waals surface area (Å²) in [7, 11) is 0. The van der Waals surface area contributed by atoms with Crippen LogP contribution in [0.4, 0.5) is 11.5 Å². The first kappa shape index (κ1) is 15.6. The average molecular weight is 314 g/mol. The molecule has 6 heteroatoms. The molecular weight excluding hydrogens is 292 g/mol. The number of amides is 1. The second kappa shape index (κ2) is 6.83. The first-order valence-electron chi connectivity index (χ1n) is 7.91. The zero-order valence-electron chi connectivity index (χ0n) is 13.3. The predicted molar refractivity (Wildman–Crippen MR) is 88.7 cm³/mol. The molecule has 1 saturated heterocycles. The van der Waals surface area contributed by atoms with Crippen LogP contribution in [0.15, 0.2) is 34.9 Å². The molecule has 1 aliphatic heterocycles. The molecule has 0 bridgehead atoms. The van der Waals surface area contributed by atoms with Gasteiger partial charge in [0, 0.05) is 24.2 Å². The number of nitrogens with two attached hydrogens (primary N) is 1. The summed E-state index contributed by atoms with van der Waals surface area (Å²) in [5, 5.41) is 6.63. The van der Waals surface area contributed by atoms with Crippen molar-refractivity contribution in [2.45, 2.75) is 26.3 Å². The lowest BCUT2D eigenvalue weighted by Gasteiger charge is -2.31. The van der Waals surface area contributed by atoms with E-state index in [2.05, 4.69) is 21.4 Å². The standard InChI is InChI=1S/C17H22N4O2/c1-12-9-16(20-23-12)19-17(22)14-5-7-21(8-6-14)11-13-3-2-4-15(18)10-13/h2-4,9-10,14H,5-8,11,18H2,1H3,(H,19,20,22). The highest BCUT2D eigenvalue weighted by atomic mass is 16.5. The third-order valence-corrected chi connectivity index (χ3v) is 4.19. The second-order valence-electron chi connectivity index (χ2n) is 6.11. The molecule has 0 aliphatic carbocycles. The molecule has 1 fully saturated rings. The van der Waals surface area contributed by atoms with Crippen molar-refractivity contribution in [3.05, 3.63) is 41.7 Å². The summed E-state index contributed by atoms with van der Waals surface area (Å²) in [4.78, 5) is 14.6. The quantitative estimate of drug-likeness (QED) is 0.847. The number of aryl methyl sites for hydroxylation is 1. The van der Waals surface area contributed by atoms with Gasteiger partial charge in [-0.1, -0.05) is 17.3 Å². The topological polar surface area (TPSA) is 84.4 Å². The summed E-state index contributed by atoms with van der Waals surface area (Å²) >= 11 is 0. The summed E-state index contributed by atoms with van der Waals surface area (Å²) < 4.78 is 4.96. The third-order valence-electron chi connectivity index (χ3n) is 4.19. The molecule has 1 amide bonds. The van der Waals surface area contributed by atoms with Crippen LogP contribution in [-0.4, -0.2) is 29.1 Å². The number of hydrogen-bond donors (Lipinski definition) is 2. The van der Waals surface area contributed by atoms with Crippen molar-refractivity contribution in [1.29, 1.82) is 0 Å². The van der Waals surface area contributed by atoms with Crippen LogP contribution >= 0.6 is 0 Å². The average Bonchev–Trinajstić information content (AvgIpc) is 2.93. The Labute approximate surface area is 135 Å². The lowest BCUT2D eigenvalue weighted by molar-refractivity contribution is -0.121. The summed E-state index contributed by atoms with van der Waals surface area (Å²) in [6.45, 7) is 4.49. The Morgan fingerprint density at radius 3 is 2.83 bits per heavy atom. The van der Waals surface area contributed by atoms with E-state index in [9.17, 15) is 4.79 Å². The summed E-state index contributed by atoms with van der Waals surface area (Å²) in [5.74, 6) is 1.25. The van der Waals surface area contributed by atoms with E-state index >= 15 is 0 Å². The van der Waals surface area contributed by atoms with E-state index in [4.69, 9.17) is 10.3 Å². The third kappa shape index (κ3) is 4.10. The Balaban J connectivity index is 1.49. The van der Waals surface area contributed by atoms with E-state index in [1.807, 2.05) is 18.2 Å². The molecule has 3 rings (SSSR count). The normalized spacial score (nSPS) is 16.4. The number of likely N-dealkylation sites (tertiary alicyclic amines) is 1. The minimum Gasteiger partial charge on any atom is -0.399 e. The Morgan fingerprint density at radius 1 is 1.39 bits per heavy atom. The first-order chi connectivity index (χ1) is 11.1. The van der Waals surface area contributed by atoms with E-state index in [-0.39, 0.29) is 11.8 Å². The maximum Gasteiger partial charge on any atom is 0.228 e. The molecule has 122 valence electrons. The lowest BCUT2D eigenvalue weighted by Crippen LogP contribution is -2.37. The molecule has 2 heterocycles. The van der Waals surface area contributed by atoms with Gasteiger partial charge < -0.3 is 15.6 Å². The van der Waals surface area contributed by atoms with E-state index in [1.165, 1.54) is 5.56 Å². The van der Waals surface area contributed by atoms with E-state index in [0.29, 0.717) is 11.6 Å². The number of nitrogen functional groups attached to an aromatic ring is 1. The number of rotatable bonds is 4. The zero-order valence-corrected chi connectivity index (χ0v) is 13.3. The van der Waals surface area contributed by atoms with E-state index in [1.54, 1.807) is 13.0 Å². The number of anilines is 2. The monoisotopic (exact) mass is 314 g/mol. The molecule has 1 aromatic carbocycles. The van der Waals surface area contributed by atoms with Crippen molar-refractivity contribution in [3.63, 3.8) is 0 Å². The van der Waals surface area contributed by atoms with Crippen molar-refractivity contribution in [1.82, 2.24) is 10.1 Å². The molecule has 0 radical (unpaired) electrons. The molecular formula is C17H22N4O2. The number of aromatic nitrogens is 1. The summed E-state index contributed by atoms with van der Waals surface area (Å²) in [5.41, 5.74) is 7.82. The van der Waals surface area contributed by atoms with Gasteiger partial charge in [-0.15, -0.1) is 0 Å². The Morgan fingerprint density at radius 2 is 2.17 bits per heavy atom. The molecule has 0 unspecified atom stereocenters. The number of carbonyl (C=O) groups excluding carboxylic acids is 1. The van der Waals surface area contributed by atoms with Gasteiger partial charge >= 0.3 is 0 Å². The van der Waals surface area contributed by atoms with Crippen LogP contribution < -0.4 is 11.1 Å². The highest BCUT2D eigenvalue weighted by molar-refractivity contribution is 5.91. The SMILES string of the molecule is Cc1cc(NC(=O)C2CCN(Cc3cccc(N)c3)CC2)no1. The van der Waals surface area contributed by atoms with Crippen LogP contribution in [0, 0.1) is 12.8 Å². The predicted octanol–water partition coefficient (Wildman–Crippen LogP) is 2.42. The first-order valence-corrected chi connectivity index (χ1v) is 7.91. The highest BCUT2D eigenvalue weighted by Gasteiger charge is 2.25. The van der Waals surface area contributed by atoms with Crippen molar-refractivity contribution in [2.75, 3.05) is 24.1 Å². The zero-order chi connectivity index (χ0) is 16.2. The maximum atomic E-state index is 12.3. The number of piperidine rings is 1. The summed E-state index contributed by atoms with van der Waals surface area (Å²) in [6, 6.07) is 9.69. The van der Waals surface area contributed by atoms with Gasteiger partial charge in [0.15, 0.2) is 5.82 Å². The van der Waals surface area contributed by atoms with E-state index < -0.39 is 0 Å². The Bertz CT molecular complexity index is 675. The number of nitrogens with zero attached hydrogens (tertiary/aromatic N) is 2. The fourth-order valence-electron chi connectivity index (χ4n) is 2.96. The van der Waals surface area contributed by atoms with Gasteiger partial charge in [0.2, 0.25) is 5.91 Å². The smallest absolute Gasteiger partial charge is 0.228 e. The molecule has 0 spiro atoms.